The number of amides is 1. The highest BCUT2D eigenvalue weighted by molar-refractivity contribution is 6.35. The molecule has 0 saturated carbocycles. The Labute approximate surface area is 170 Å². The summed E-state index contributed by atoms with van der Waals surface area (Å²) in [7, 11) is 1.67. The van der Waals surface area contributed by atoms with Gasteiger partial charge >= 0.3 is 0 Å². The normalized spacial score (nSPS) is 15.4. The second-order valence-corrected chi connectivity index (χ2v) is 7.61. The molecule has 3 rings (SSSR count). The van der Waals surface area contributed by atoms with Crippen LogP contribution in [0.2, 0.25) is 10.0 Å². The van der Waals surface area contributed by atoms with Crippen LogP contribution in [0.25, 0.3) is 0 Å². The smallest absolute Gasteiger partial charge is 0.227 e. The molecule has 1 aliphatic rings. The van der Waals surface area contributed by atoms with E-state index in [1.807, 2.05) is 23.1 Å². The third-order valence-electron chi connectivity index (χ3n) is 4.86. The minimum absolute atomic E-state index is 0.116. The number of carbonyl (C=O) groups excluding carboxylic acids is 1. The van der Waals surface area contributed by atoms with Crippen molar-refractivity contribution < 1.29 is 9.53 Å². The van der Waals surface area contributed by atoms with Crippen LogP contribution in [0.1, 0.15) is 17.5 Å². The van der Waals surface area contributed by atoms with Crippen LogP contribution in [0, 0.1) is 0 Å². The Morgan fingerprint density at radius 2 is 1.81 bits per heavy atom. The van der Waals surface area contributed by atoms with Crippen LogP contribution in [-0.2, 0) is 17.8 Å². The van der Waals surface area contributed by atoms with Gasteiger partial charge in [-0.2, -0.15) is 0 Å². The fourth-order valence-electron chi connectivity index (χ4n) is 3.31. The molecule has 2 aromatic carbocycles. The van der Waals surface area contributed by atoms with Gasteiger partial charge in [0.1, 0.15) is 5.75 Å². The van der Waals surface area contributed by atoms with Crippen LogP contribution < -0.4 is 4.74 Å². The van der Waals surface area contributed by atoms with Gasteiger partial charge in [-0.05, 0) is 41.8 Å². The first kappa shape index (κ1) is 20.0. The van der Waals surface area contributed by atoms with Crippen LogP contribution >= 0.6 is 23.2 Å². The van der Waals surface area contributed by atoms with Crippen molar-refractivity contribution in [3.05, 3.63) is 63.6 Å². The van der Waals surface area contributed by atoms with E-state index < -0.39 is 0 Å². The van der Waals surface area contributed by atoms with Crippen molar-refractivity contribution in [2.75, 3.05) is 33.3 Å². The SMILES string of the molecule is COc1ccc(CN2CCCN(C(=O)Cc3ccc(Cl)cc3Cl)CC2)cc1. The minimum Gasteiger partial charge on any atom is -0.497 e. The molecule has 27 heavy (non-hydrogen) atoms. The van der Waals surface area contributed by atoms with Gasteiger partial charge in [0.2, 0.25) is 5.91 Å². The molecular formula is C21H24Cl2N2O2. The maximum atomic E-state index is 12.7. The Bertz CT molecular complexity index is 780. The lowest BCUT2D eigenvalue weighted by Gasteiger charge is -2.22. The number of halogens is 2. The number of hydrogen-bond acceptors (Lipinski definition) is 3. The summed E-state index contributed by atoms with van der Waals surface area (Å²) in [6.07, 6.45) is 1.28. The molecule has 4 nitrogen and oxygen atoms in total. The van der Waals surface area contributed by atoms with E-state index in [0.29, 0.717) is 16.5 Å². The molecule has 0 radical (unpaired) electrons. The zero-order valence-electron chi connectivity index (χ0n) is 15.5. The first-order valence-corrected chi connectivity index (χ1v) is 9.88. The third-order valence-corrected chi connectivity index (χ3v) is 5.45. The second-order valence-electron chi connectivity index (χ2n) is 6.77. The van der Waals surface area contributed by atoms with Gasteiger partial charge in [-0.1, -0.05) is 41.4 Å². The van der Waals surface area contributed by atoms with E-state index in [1.165, 1.54) is 5.56 Å². The van der Waals surface area contributed by atoms with Crippen molar-refractivity contribution in [2.24, 2.45) is 0 Å². The zero-order chi connectivity index (χ0) is 19.2. The topological polar surface area (TPSA) is 32.8 Å². The highest BCUT2D eigenvalue weighted by Crippen LogP contribution is 2.22. The predicted molar refractivity (Wildman–Crippen MR) is 110 cm³/mol. The summed E-state index contributed by atoms with van der Waals surface area (Å²) in [4.78, 5) is 17.0. The van der Waals surface area contributed by atoms with Crippen LogP contribution in [0.5, 0.6) is 5.75 Å². The van der Waals surface area contributed by atoms with Crippen molar-refractivity contribution in [3.8, 4) is 5.75 Å². The van der Waals surface area contributed by atoms with Crippen LogP contribution in [0.4, 0.5) is 0 Å². The molecule has 1 aliphatic heterocycles. The van der Waals surface area contributed by atoms with E-state index in [1.54, 1.807) is 19.2 Å². The average Bonchev–Trinajstić information content (AvgIpc) is 2.90. The zero-order valence-corrected chi connectivity index (χ0v) is 17.0. The number of rotatable bonds is 5. The van der Waals surface area contributed by atoms with Crippen LogP contribution in [0.15, 0.2) is 42.5 Å². The molecule has 6 heteroatoms. The summed E-state index contributed by atoms with van der Waals surface area (Å²) in [5.74, 6) is 0.984. The van der Waals surface area contributed by atoms with E-state index in [4.69, 9.17) is 27.9 Å². The maximum Gasteiger partial charge on any atom is 0.227 e. The Hall–Kier alpha value is -1.75. The lowest BCUT2D eigenvalue weighted by molar-refractivity contribution is -0.130. The monoisotopic (exact) mass is 406 g/mol. The number of carbonyl (C=O) groups is 1. The summed E-state index contributed by atoms with van der Waals surface area (Å²) in [5.41, 5.74) is 2.08. The molecule has 0 spiro atoms. The Morgan fingerprint density at radius 1 is 1.04 bits per heavy atom. The first-order chi connectivity index (χ1) is 13.0. The number of methoxy groups -OCH3 is 1. The predicted octanol–water partition coefficient (Wildman–Crippen LogP) is 4.28. The average molecular weight is 407 g/mol. The Kier molecular flexibility index (Phi) is 7.00. The molecule has 144 valence electrons. The standard InChI is InChI=1S/C21H24Cl2N2O2/c1-27-19-7-3-16(4-8-19)15-24-9-2-10-25(12-11-24)21(26)13-17-5-6-18(22)14-20(17)23/h3-8,14H,2,9-13,15H2,1H3. The number of ether oxygens (including phenoxy) is 1. The van der Waals surface area contributed by atoms with E-state index >= 15 is 0 Å². The van der Waals surface area contributed by atoms with Crippen molar-refractivity contribution >= 4 is 29.1 Å². The fraction of sp³-hybridized carbons (Fsp3) is 0.381. The summed E-state index contributed by atoms with van der Waals surface area (Å²) in [6.45, 7) is 4.25. The Balaban J connectivity index is 1.54. The molecule has 0 atom stereocenters. The molecule has 1 fully saturated rings. The largest absolute Gasteiger partial charge is 0.497 e. The molecule has 0 aromatic heterocycles. The number of benzene rings is 2. The minimum atomic E-state index is 0.116. The molecule has 0 unspecified atom stereocenters. The number of nitrogens with zero attached hydrogens (tertiary/aromatic N) is 2. The lowest BCUT2D eigenvalue weighted by atomic mass is 10.1. The van der Waals surface area contributed by atoms with E-state index in [9.17, 15) is 4.79 Å². The molecule has 1 saturated heterocycles. The fourth-order valence-corrected chi connectivity index (χ4v) is 3.78. The van der Waals surface area contributed by atoms with E-state index in [2.05, 4.69) is 17.0 Å². The molecule has 2 aromatic rings. The van der Waals surface area contributed by atoms with Crippen molar-refractivity contribution in [2.45, 2.75) is 19.4 Å². The summed E-state index contributed by atoms with van der Waals surface area (Å²) < 4.78 is 5.21. The maximum absolute atomic E-state index is 12.7. The van der Waals surface area contributed by atoms with Crippen LogP contribution in [0.3, 0.4) is 0 Å². The van der Waals surface area contributed by atoms with Gasteiger partial charge in [-0.15, -0.1) is 0 Å². The van der Waals surface area contributed by atoms with Crippen molar-refractivity contribution in [1.29, 1.82) is 0 Å². The van der Waals surface area contributed by atoms with Crippen LogP contribution in [-0.4, -0.2) is 49.0 Å². The van der Waals surface area contributed by atoms with Gasteiger partial charge in [0.25, 0.3) is 0 Å². The summed E-state index contributed by atoms with van der Waals surface area (Å²) in [6, 6.07) is 13.4. The molecule has 0 N–H and O–H groups in total. The van der Waals surface area contributed by atoms with E-state index in [0.717, 1.165) is 50.5 Å². The van der Waals surface area contributed by atoms with Crippen molar-refractivity contribution in [3.63, 3.8) is 0 Å². The summed E-state index contributed by atoms with van der Waals surface area (Å²) >= 11 is 12.1. The molecule has 0 bridgehead atoms. The van der Waals surface area contributed by atoms with Gasteiger partial charge in [0.05, 0.1) is 13.5 Å². The molecular weight excluding hydrogens is 383 g/mol. The lowest BCUT2D eigenvalue weighted by Crippen LogP contribution is -2.36. The molecule has 0 aliphatic carbocycles. The van der Waals surface area contributed by atoms with Gasteiger partial charge < -0.3 is 9.64 Å². The highest BCUT2D eigenvalue weighted by atomic mass is 35.5. The highest BCUT2D eigenvalue weighted by Gasteiger charge is 2.20. The van der Waals surface area contributed by atoms with Gasteiger partial charge in [-0.3, -0.25) is 9.69 Å². The van der Waals surface area contributed by atoms with Crippen molar-refractivity contribution in [1.82, 2.24) is 9.80 Å². The second kappa shape index (κ2) is 9.45. The third kappa shape index (κ3) is 5.61. The van der Waals surface area contributed by atoms with Gasteiger partial charge in [-0.25, -0.2) is 0 Å². The quantitative estimate of drug-likeness (QED) is 0.742. The Morgan fingerprint density at radius 3 is 2.52 bits per heavy atom. The van der Waals surface area contributed by atoms with Gasteiger partial charge in [0, 0.05) is 42.8 Å². The first-order valence-electron chi connectivity index (χ1n) is 9.12. The summed E-state index contributed by atoms with van der Waals surface area (Å²) in [5, 5.41) is 1.13. The van der Waals surface area contributed by atoms with E-state index in [-0.39, 0.29) is 5.91 Å². The molecule has 1 amide bonds. The van der Waals surface area contributed by atoms with Gasteiger partial charge in [0.15, 0.2) is 0 Å². The number of hydrogen-bond donors (Lipinski definition) is 0. The molecule has 1 heterocycles.